The summed E-state index contributed by atoms with van der Waals surface area (Å²) >= 11 is 0. The average Bonchev–Trinajstić information content (AvgIpc) is 2.69. The van der Waals surface area contributed by atoms with E-state index in [9.17, 15) is 4.57 Å². The maximum absolute atomic E-state index is 13.6. The van der Waals surface area contributed by atoms with E-state index in [4.69, 9.17) is 9.05 Å². The molecule has 3 aromatic carbocycles. The second kappa shape index (κ2) is 7.52. The lowest BCUT2D eigenvalue weighted by molar-refractivity contribution is 0.393. The number of benzene rings is 3. The lowest BCUT2D eigenvalue weighted by Gasteiger charge is -2.21. The number of nitrogens with one attached hydrogen (secondary N) is 1. The third-order valence-corrected chi connectivity index (χ3v) is 5.24. The van der Waals surface area contributed by atoms with Gasteiger partial charge >= 0.3 is 7.75 Å². The maximum atomic E-state index is 13.6. The molecule has 0 amide bonds. The Balaban J connectivity index is 1.71. The summed E-state index contributed by atoms with van der Waals surface area (Å²) in [7, 11) is -3.78. The van der Waals surface area contributed by atoms with Crippen LogP contribution in [0.15, 0.2) is 97.2 Å². The molecule has 1 aromatic heterocycles. The van der Waals surface area contributed by atoms with E-state index in [1.165, 1.54) is 0 Å². The van der Waals surface area contributed by atoms with Crippen LogP contribution in [0.3, 0.4) is 0 Å². The molecule has 0 bridgehead atoms. The number of anilines is 1. The molecule has 27 heavy (non-hydrogen) atoms. The van der Waals surface area contributed by atoms with Crippen LogP contribution in [0.2, 0.25) is 0 Å². The quantitative estimate of drug-likeness (QED) is 0.424. The molecular weight excluding hydrogens is 359 g/mol. The predicted octanol–water partition coefficient (Wildman–Crippen LogP) is 5.91. The second-order valence-electron chi connectivity index (χ2n) is 5.80. The first-order valence-corrected chi connectivity index (χ1v) is 9.97. The standard InChI is InChI=1S/C21H17N2O3P/c24-27(25-18-11-3-1-4-12-18,26-19-13-5-2-6-14-19)23-20-15-7-9-17-10-8-16-22-21(17)20/h1-16H,(H,23,24). The molecule has 1 N–H and O–H groups in total. The Morgan fingerprint density at radius 2 is 1.30 bits per heavy atom. The molecule has 0 spiro atoms. The van der Waals surface area contributed by atoms with Crippen LogP contribution >= 0.6 is 7.75 Å². The molecule has 4 aromatic rings. The Morgan fingerprint density at radius 3 is 1.93 bits per heavy atom. The molecule has 0 aliphatic carbocycles. The molecule has 6 heteroatoms. The van der Waals surface area contributed by atoms with E-state index in [2.05, 4.69) is 10.1 Å². The molecule has 5 nitrogen and oxygen atoms in total. The van der Waals surface area contributed by atoms with Crippen molar-refractivity contribution in [1.82, 2.24) is 4.98 Å². The van der Waals surface area contributed by atoms with E-state index < -0.39 is 7.75 Å². The minimum Gasteiger partial charge on any atom is -0.400 e. The Bertz CT molecular complexity index is 1040. The number of nitrogens with zero attached hydrogens (tertiary/aromatic N) is 1. The van der Waals surface area contributed by atoms with Crippen LogP contribution in [0.25, 0.3) is 10.9 Å². The molecule has 0 aliphatic heterocycles. The van der Waals surface area contributed by atoms with Gasteiger partial charge in [-0.05, 0) is 36.4 Å². The first-order chi connectivity index (χ1) is 13.2. The topological polar surface area (TPSA) is 60.5 Å². The number of hydrogen-bond acceptors (Lipinski definition) is 4. The van der Waals surface area contributed by atoms with E-state index >= 15 is 0 Å². The number of pyridine rings is 1. The van der Waals surface area contributed by atoms with Gasteiger partial charge in [0.15, 0.2) is 0 Å². The van der Waals surface area contributed by atoms with Crippen LogP contribution in [0, 0.1) is 0 Å². The number of aromatic nitrogens is 1. The minimum absolute atomic E-state index is 0.442. The fourth-order valence-electron chi connectivity index (χ4n) is 2.65. The first kappa shape index (κ1) is 17.1. The predicted molar refractivity (Wildman–Crippen MR) is 107 cm³/mol. The monoisotopic (exact) mass is 376 g/mol. The highest BCUT2D eigenvalue weighted by Crippen LogP contribution is 2.49. The van der Waals surface area contributed by atoms with E-state index in [1.54, 1.807) is 36.5 Å². The highest BCUT2D eigenvalue weighted by molar-refractivity contribution is 7.56. The van der Waals surface area contributed by atoms with Gasteiger partial charge in [0.1, 0.15) is 11.5 Å². The largest absolute Gasteiger partial charge is 0.541 e. The maximum Gasteiger partial charge on any atom is 0.541 e. The van der Waals surface area contributed by atoms with Crippen LogP contribution in [-0.2, 0) is 4.57 Å². The molecule has 4 rings (SSSR count). The van der Waals surface area contributed by atoms with Gasteiger partial charge in [0.25, 0.3) is 0 Å². The van der Waals surface area contributed by atoms with Crippen molar-refractivity contribution in [2.75, 3.05) is 5.09 Å². The molecule has 0 atom stereocenters. The molecule has 0 saturated heterocycles. The zero-order valence-electron chi connectivity index (χ0n) is 14.4. The van der Waals surface area contributed by atoms with Gasteiger partial charge < -0.3 is 9.05 Å². The summed E-state index contributed by atoms with van der Waals surface area (Å²) in [5, 5.41) is 3.87. The molecule has 134 valence electrons. The highest BCUT2D eigenvalue weighted by Gasteiger charge is 2.30. The van der Waals surface area contributed by atoms with Gasteiger partial charge in [-0.15, -0.1) is 0 Å². The summed E-state index contributed by atoms with van der Waals surface area (Å²) < 4.78 is 25.1. The third-order valence-electron chi connectivity index (χ3n) is 3.83. The van der Waals surface area contributed by atoms with Gasteiger partial charge in [-0.3, -0.25) is 10.1 Å². The summed E-state index contributed by atoms with van der Waals surface area (Å²) in [4.78, 5) is 4.38. The van der Waals surface area contributed by atoms with E-state index in [0.29, 0.717) is 22.7 Å². The third kappa shape index (κ3) is 4.10. The number of fused-ring (bicyclic) bond motifs is 1. The van der Waals surface area contributed by atoms with Crippen molar-refractivity contribution < 1.29 is 13.6 Å². The number of rotatable bonds is 6. The molecule has 0 saturated carbocycles. The molecule has 0 radical (unpaired) electrons. The zero-order chi connectivity index (χ0) is 18.5. The first-order valence-electron chi connectivity index (χ1n) is 8.43. The number of para-hydroxylation sites is 3. The summed E-state index contributed by atoms with van der Waals surface area (Å²) in [6.07, 6.45) is 1.69. The van der Waals surface area contributed by atoms with Crippen LogP contribution in [0.1, 0.15) is 0 Å². The van der Waals surface area contributed by atoms with Crippen LogP contribution in [-0.4, -0.2) is 4.98 Å². The van der Waals surface area contributed by atoms with Gasteiger partial charge in [-0.2, -0.15) is 0 Å². The molecule has 1 heterocycles. The van der Waals surface area contributed by atoms with E-state index in [1.807, 2.05) is 60.7 Å². The molecule has 0 aliphatic rings. The molecular formula is C21H17N2O3P. The van der Waals surface area contributed by atoms with Gasteiger partial charge in [0.05, 0.1) is 11.2 Å². The minimum atomic E-state index is -3.78. The number of hydrogen-bond donors (Lipinski definition) is 1. The van der Waals surface area contributed by atoms with Crippen LogP contribution in [0.4, 0.5) is 5.69 Å². The highest BCUT2D eigenvalue weighted by atomic mass is 31.2. The lowest BCUT2D eigenvalue weighted by Crippen LogP contribution is -2.10. The van der Waals surface area contributed by atoms with E-state index in [0.717, 1.165) is 5.39 Å². The van der Waals surface area contributed by atoms with Crippen molar-refractivity contribution in [2.24, 2.45) is 0 Å². The Hall–Kier alpha value is -3.30. The van der Waals surface area contributed by atoms with Crippen LogP contribution in [0.5, 0.6) is 11.5 Å². The van der Waals surface area contributed by atoms with Gasteiger partial charge in [-0.1, -0.05) is 54.6 Å². The Labute approximate surface area is 157 Å². The summed E-state index contributed by atoms with van der Waals surface area (Å²) in [6.45, 7) is 0. The Kier molecular flexibility index (Phi) is 4.77. The fourth-order valence-corrected chi connectivity index (χ4v) is 4.05. The van der Waals surface area contributed by atoms with Gasteiger partial charge in [0, 0.05) is 11.6 Å². The second-order valence-corrected chi connectivity index (χ2v) is 7.38. The van der Waals surface area contributed by atoms with Crippen molar-refractivity contribution >= 4 is 24.3 Å². The fraction of sp³-hybridized carbons (Fsp3) is 0. The normalized spacial score (nSPS) is 11.1. The van der Waals surface area contributed by atoms with Gasteiger partial charge in [-0.25, -0.2) is 4.57 Å². The Morgan fingerprint density at radius 1 is 0.704 bits per heavy atom. The molecule has 0 unspecified atom stereocenters. The summed E-state index contributed by atoms with van der Waals surface area (Å²) in [5.41, 5.74) is 1.26. The van der Waals surface area contributed by atoms with Crippen molar-refractivity contribution in [2.45, 2.75) is 0 Å². The van der Waals surface area contributed by atoms with Crippen LogP contribution < -0.4 is 14.1 Å². The average molecular weight is 376 g/mol. The van der Waals surface area contributed by atoms with Crippen molar-refractivity contribution in [3.8, 4) is 11.5 Å². The zero-order valence-corrected chi connectivity index (χ0v) is 15.3. The summed E-state index contributed by atoms with van der Waals surface area (Å²) in [5.74, 6) is 0.884. The van der Waals surface area contributed by atoms with Crippen molar-refractivity contribution in [1.29, 1.82) is 0 Å². The van der Waals surface area contributed by atoms with Gasteiger partial charge in [0.2, 0.25) is 0 Å². The SMILES string of the molecule is O=P(Nc1cccc2cccnc12)(Oc1ccccc1)Oc1ccccc1. The van der Waals surface area contributed by atoms with Crippen molar-refractivity contribution in [3.63, 3.8) is 0 Å². The van der Waals surface area contributed by atoms with Crippen molar-refractivity contribution in [3.05, 3.63) is 97.2 Å². The molecule has 0 fully saturated rings. The lowest BCUT2D eigenvalue weighted by atomic mass is 10.2. The smallest absolute Gasteiger partial charge is 0.400 e. The summed E-state index contributed by atoms with van der Waals surface area (Å²) in [6, 6.07) is 27.2. The van der Waals surface area contributed by atoms with E-state index in [-0.39, 0.29) is 0 Å².